The van der Waals surface area contributed by atoms with E-state index >= 15 is 0 Å². The summed E-state index contributed by atoms with van der Waals surface area (Å²) in [4.78, 5) is 6.95. The van der Waals surface area contributed by atoms with Gasteiger partial charge in [-0.25, -0.2) is 0 Å². The number of pyridine rings is 1. The van der Waals surface area contributed by atoms with Gasteiger partial charge in [-0.3, -0.25) is 4.98 Å². The topological polar surface area (TPSA) is 29.3 Å². The second-order valence-corrected chi connectivity index (χ2v) is 13.2. The lowest BCUT2D eigenvalue weighted by molar-refractivity contribution is 0.672. The summed E-state index contributed by atoms with van der Waals surface area (Å²) in [5, 5.41) is 6.66. The highest BCUT2D eigenvalue weighted by molar-refractivity contribution is 6.21. The van der Waals surface area contributed by atoms with Gasteiger partial charge < -0.3 is 9.32 Å². The molecule has 10 rings (SSSR count). The van der Waals surface area contributed by atoms with Gasteiger partial charge >= 0.3 is 0 Å². The van der Waals surface area contributed by atoms with E-state index in [2.05, 4.69) is 186 Å². The maximum absolute atomic E-state index is 6.66. The van der Waals surface area contributed by atoms with Crippen molar-refractivity contribution < 1.29 is 4.42 Å². The summed E-state index contributed by atoms with van der Waals surface area (Å²) in [5.74, 6) is 0. The maximum atomic E-state index is 6.66. The predicted octanol–water partition coefficient (Wildman–Crippen LogP) is 13.8. The molecule has 52 heavy (non-hydrogen) atoms. The van der Waals surface area contributed by atoms with E-state index in [1.54, 1.807) is 6.20 Å². The Balaban J connectivity index is 1.27. The number of hydrogen-bond donors (Lipinski definition) is 0. The van der Waals surface area contributed by atoms with Crippen LogP contribution in [0.1, 0.15) is 0 Å². The van der Waals surface area contributed by atoms with E-state index in [-0.39, 0.29) is 0 Å². The van der Waals surface area contributed by atoms with E-state index in [9.17, 15) is 0 Å². The summed E-state index contributed by atoms with van der Waals surface area (Å²) >= 11 is 0. The van der Waals surface area contributed by atoms with Crippen LogP contribution in [0.15, 0.2) is 199 Å². The van der Waals surface area contributed by atoms with Gasteiger partial charge in [-0.15, -0.1) is 0 Å². The fourth-order valence-corrected chi connectivity index (χ4v) is 7.63. The molecular weight excluding hydrogens is 633 g/mol. The number of aromatic nitrogens is 1. The van der Waals surface area contributed by atoms with Crippen LogP contribution in [0.4, 0.5) is 17.1 Å². The van der Waals surface area contributed by atoms with Crippen molar-refractivity contribution in [2.75, 3.05) is 4.90 Å². The summed E-state index contributed by atoms with van der Waals surface area (Å²) in [6.45, 7) is 0. The molecule has 3 heteroatoms. The minimum atomic E-state index is 0.817. The zero-order chi connectivity index (χ0) is 34.4. The molecule has 2 aromatic heterocycles. The minimum absolute atomic E-state index is 0.817. The molecule has 0 atom stereocenters. The van der Waals surface area contributed by atoms with Crippen molar-refractivity contribution in [3.05, 3.63) is 194 Å². The third-order valence-corrected chi connectivity index (χ3v) is 10.1. The fourth-order valence-electron chi connectivity index (χ4n) is 7.63. The van der Waals surface area contributed by atoms with Gasteiger partial charge in [0.05, 0.1) is 11.1 Å². The largest absolute Gasteiger partial charge is 0.455 e. The van der Waals surface area contributed by atoms with Gasteiger partial charge in [0.2, 0.25) is 0 Å². The van der Waals surface area contributed by atoms with Crippen LogP contribution in [-0.2, 0) is 0 Å². The highest BCUT2D eigenvalue weighted by Crippen LogP contribution is 2.48. The molecule has 2 heterocycles. The van der Waals surface area contributed by atoms with Gasteiger partial charge in [-0.1, -0.05) is 140 Å². The molecule has 3 nitrogen and oxygen atoms in total. The highest BCUT2D eigenvalue weighted by Gasteiger charge is 2.23. The van der Waals surface area contributed by atoms with E-state index in [4.69, 9.17) is 4.42 Å². The van der Waals surface area contributed by atoms with Gasteiger partial charge in [-0.05, 0) is 92.0 Å². The number of hydrogen-bond acceptors (Lipinski definition) is 3. The summed E-state index contributed by atoms with van der Waals surface area (Å²) in [7, 11) is 0. The van der Waals surface area contributed by atoms with Crippen LogP contribution in [0.3, 0.4) is 0 Å². The van der Waals surface area contributed by atoms with Crippen LogP contribution in [0.25, 0.3) is 76.9 Å². The van der Waals surface area contributed by atoms with Crippen LogP contribution in [0, 0.1) is 0 Å². The zero-order valence-corrected chi connectivity index (χ0v) is 28.3. The van der Waals surface area contributed by atoms with E-state index in [0.29, 0.717) is 0 Å². The molecule has 0 unspecified atom stereocenters. The van der Waals surface area contributed by atoms with Gasteiger partial charge in [-0.2, -0.15) is 0 Å². The number of fused-ring (bicyclic) bond motifs is 6. The monoisotopic (exact) mass is 664 g/mol. The molecule has 8 aromatic carbocycles. The Labute approximate surface area is 301 Å². The SMILES string of the molecule is c1ccc(-c2cccc(N(c3ccc(-c4ccc5ccccc5c4)c(-c4ccccc4)c3)c3cc4ccccc4c4oc5ccncc5c34)c2)cc1. The van der Waals surface area contributed by atoms with Crippen LogP contribution < -0.4 is 4.90 Å². The predicted molar refractivity (Wildman–Crippen MR) is 218 cm³/mol. The quantitative estimate of drug-likeness (QED) is 0.177. The van der Waals surface area contributed by atoms with Crippen LogP contribution in [-0.4, -0.2) is 4.98 Å². The van der Waals surface area contributed by atoms with Crippen LogP contribution >= 0.6 is 0 Å². The average Bonchev–Trinajstić information content (AvgIpc) is 3.62. The third kappa shape index (κ3) is 5.10. The Kier molecular flexibility index (Phi) is 7.14. The lowest BCUT2D eigenvalue weighted by Crippen LogP contribution is -2.11. The zero-order valence-electron chi connectivity index (χ0n) is 28.3. The van der Waals surface area contributed by atoms with Gasteiger partial charge in [0.15, 0.2) is 0 Å². The second kappa shape index (κ2) is 12.4. The molecule has 0 bridgehead atoms. The molecule has 0 aliphatic rings. The first-order chi connectivity index (χ1) is 25.8. The molecule has 0 N–H and O–H groups in total. The molecule has 0 aliphatic carbocycles. The molecule has 0 saturated carbocycles. The standard InChI is InChI=1S/C49H32N2O/c1-3-12-33(13-4-1)37-19-11-20-40(29-37)51(46-30-38-18-9-10-21-43(38)49-48(46)45-32-50-27-26-47(45)52-49)41-24-25-42(44(31-41)35-15-5-2-6-16-35)39-23-22-34-14-7-8-17-36(34)28-39/h1-32H. The van der Waals surface area contributed by atoms with Crippen molar-refractivity contribution >= 4 is 60.5 Å². The molecule has 0 saturated heterocycles. The number of nitrogens with zero attached hydrogens (tertiary/aromatic N) is 2. The Bertz CT molecular complexity index is 2910. The lowest BCUT2D eigenvalue weighted by atomic mass is 9.92. The number of furan rings is 1. The first kappa shape index (κ1) is 29.9. The molecule has 10 aromatic rings. The second-order valence-electron chi connectivity index (χ2n) is 13.2. The molecule has 0 spiro atoms. The van der Waals surface area contributed by atoms with Gasteiger partial charge in [0.25, 0.3) is 0 Å². The summed E-state index contributed by atoms with van der Waals surface area (Å²) in [5.41, 5.74) is 11.8. The Morgan fingerprint density at radius 3 is 1.98 bits per heavy atom. The van der Waals surface area contributed by atoms with Gasteiger partial charge in [0, 0.05) is 34.5 Å². The minimum Gasteiger partial charge on any atom is -0.455 e. The Hall–Kier alpha value is -6.97. The van der Waals surface area contributed by atoms with Crippen LogP contribution in [0.5, 0.6) is 0 Å². The molecule has 0 fully saturated rings. The van der Waals surface area contributed by atoms with E-state index in [1.165, 1.54) is 27.5 Å². The smallest absolute Gasteiger partial charge is 0.145 e. The summed E-state index contributed by atoms with van der Waals surface area (Å²) in [6.07, 6.45) is 3.72. The molecule has 0 amide bonds. The van der Waals surface area contributed by atoms with E-state index in [0.717, 1.165) is 66.5 Å². The van der Waals surface area contributed by atoms with Crippen molar-refractivity contribution in [3.8, 4) is 33.4 Å². The third-order valence-electron chi connectivity index (χ3n) is 10.1. The van der Waals surface area contributed by atoms with Crippen LogP contribution in [0.2, 0.25) is 0 Å². The Morgan fingerprint density at radius 1 is 0.423 bits per heavy atom. The number of anilines is 3. The normalized spacial score (nSPS) is 11.5. The molecular formula is C49H32N2O. The summed E-state index contributed by atoms with van der Waals surface area (Å²) < 4.78 is 6.66. The number of rotatable bonds is 6. The van der Waals surface area contributed by atoms with E-state index < -0.39 is 0 Å². The molecule has 244 valence electrons. The first-order valence-electron chi connectivity index (χ1n) is 17.6. The highest BCUT2D eigenvalue weighted by atomic mass is 16.3. The Morgan fingerprint density at radius 2 is 1.13 bits per heavy atom. The average molecular weight is 665 g/mol. The van der Waals surface area contributed by atoms with Crippen molar-refractivity contribution in [3.63, 3.8) is 0 Å². The van der Waals surface area contributed by atoms with Crippen molar-refractivity contribution in [1.29, 1.82) is 0 Å². The molecule has 0 radical (unpaired) electrons. The van der Waals surface area contributed by atoms with Gasteiger partial charge in [0.1, 0.15) is 11.2 Å². The van der Waals surface area contributed by atoms with Crippen molar-refractivity contribution in [1.82, 2.24) is 4.98 Å². The summed E-state index contributed by atoms with van der Waals surface area (Å²) in [6, 6.07) is 65.0. The van der Waals surface area contributed by atoms with Crippen molar-refractivity contribution in [2.24, 2.45) is 0 Å². The fraction of sp³-hybridized carbons (Fsp3) is 0. The first-order valence-corrected chi connectivity index (χ1v) is 17.6. The maximum Gasteiger partial charge on any atom is 0.145 e. The number of benzene rings is 8. The van der Waals surface area contributed by atoms with E-state index in [1.807, 2.05) is 12.3 Å². The molecule has 0 aliphatic heterocycles. The van der Waals surface area contributed by atoms with Crippen molar-refractivity contribution in [2.45, 2.75) is 0 Å². The lowest BCUT2D eigenvalue weighted by Gasteiger charge is -2.28.